The van der Waals surface area contributed by atoms with Crippen LogP contribution < -0.4 is 0 Å². The van der Waals surface area contributed by atoms with Gasteiger partial charge >= 0.3 is 0 Å². The quantitative estimate of drug-likeness (QED) is 0.593. The summed E-state index contributed by atoms with van der Waals surface area (Å²) < 4.78 is 0. The van der Waals surface area contributed by atoms with Gasteiger partial charge < -0.3 is 15.3 Å². The van der Waals surface area contributed by atoms with E-state index in [1.807, 2.05) is 6.92 Å². The van der Waals surface area contributed by atoms with Gasteiger partial charge in [0.25, 0.3) is 0 Å². The summed E-state index contributed by atoms with van der Waals surface area (Å²) in [5, 5.41) is 32.0. The number of benzene rings is 2. The van der Waals surface area contributed by atoms with Crippen LogP contribution in [0.2, 0.25) is 0 Å². The molecule has 1 atom stereocenters. The molecule has 25 heavy (non-hydrogen) atoms. The number of rotatable bonds is 1. The fraction of sp³-hybridized carbons (Fsp3) is 0.300. The summed E-state index contributed by atoms with van der Waals surface area (Å²) in [4.78, 5) is 25.7. The average molecular weight is 338 g/mol. The van der Waals surface area contributed by atoms with Crippen molar-refractivity contribution >= 4 is 11.6 Å². The zero-order valence-corrected chi connectivity index (χ0v) is 13.8. The van der Waals surface area contributed by atoms with Gasteiger partial charge in [0, 0.05) is 28.7 Å². The lowest BCUT2D eigenvalue weighted by Gasteiger charge is -2.35. The van der Waals surface area contributed by atoms with E-state index in [1.54, 1.807) is 18.2 Å². The van der Waals surface area contributed by atoms with Gasteiger partial charge in [0.15, 0.2) is 11.6 Å². The first-order chi connectivity index (χ1) is 11.9. The first-order valence-electron chi connectivity index (χ1n) is 8.38. The smallest absolute Gasteiger partial charge is 0.198 e. The van der Waals surface area contributed by atoms with Crippen LogP contribution in [0, 0.1) is 0 Å². The maximum atomic E-state index is 12.9. The van der Waals surface area contributed by atoms with Crippen LogP contribution in [-0.2, 0) is 12.8 Å². The second-order valence-electron chi connectivity index (χ2n) is 6.86. The van der Waals surface area contributed by atoms with Gasteiger partial charge in [-0.1, -0.05) is 31.2 Å². The van der Waals surface area contributed by atoms with E-state index >= 15 is 0 Å². The van der Waals surface area contributed by atoms with Crippen molar-refractivity contribution in [1.82, 2.24) is 0 Å². The number of hydrogen-bond acceptors (Lipinski definition) is 5. The molecule has 0 aliphatic heterocycles. The molecule has 3 N–H and O–H groups in total. The minimum absolute atomic E-state index is 0.123. The minimum atomic E-state index is -0.981. The normalized spacial score (nSPS) is 21.5. The standard InChI is InChI=1S/C20H18O5/c1-2-20(25)8-7-12-13(9-20)19(24)15-14(18(12)23)16(21)10-5-3-4-6-11(10)17(15)22/h3-6,23-25H,2,7-9H2,1H3. The third kappa shape index (κ3) is 2.05. The minimum Gasteiger partial charge on any atom is -0.507 e. The van der Waals surface area contributed by atoms with Gasteiger partial charge in [0.1, 0.15) is 11.5 Å². The van der Waals surface area contributed by atoms with Crippen LogP contribution in [0.15, 0.2) is 24.3 Å². The van der Waals surface area contributed by atoms with Gasteiger partial charge in [-0.25, -0.2) is 0 Å². The molecule has 0 aromatic heterocycles. The van der Waals surface area contributed by atoms with Gasteiger partial charge in [0.05, 0.1) is 16.7 Å². The zero-order chi connectivity index (χ0) is 17.9. The molecule has 0 amide bonds. The molecule has 5 heteroatoms. The molecule has 1 unspecified atom stereocenters. The van der Waals surface area contributed by atoms with Crippen LogP contribution in [0.3, 0.4) is 0 Å². The van der Waals surface area contributed by atoms with Crippen molar-refractivity contribution in [2.45, 2.75) is 38.2 Å². The number of fused-ring (bicyclic) bond motifs is 3. The van der Waals surface area contributed by atoms with Crippen LogP contribution in [0.5, 0.6) is 11.5 Å². The Labute approximate surface area is 144 Å². The monoisotopic (exact) mass is 338 g/mol. The third-order valence-electron chi connectivity index (χ3n) is 5.53. The van der Waals surface area contributed by atoms with Crippen molar-refractivity contribution in [1.29, 1.82) is 0 Å². The molecule has 4 rings (SSSR count). The van der Waals surface area contributed by atoms with E-state index in [9.17, 15) is 24.9 Å². The molecule has 0 saturated heterocycles. The first kappa shape index (κ1) is 15.8. The van der Waals surface area contributed by atoms with Crippen LogP contribution in [0.1, 0.15) is 62.7 Å². The second-order valence-corrected chi connectivity index (χ2v) is 6.86. The number of phenols is 2. The average Bonchev–Trinajstić information content (AvgIpc) is 2.62. The Hall–Kier alpha value is -2.66. The summed E-state index contributed by atoms with van der Waals surface area (Å²) in [6.07, 6.45) is 1.42. The van der Waals surface area contributed by atoms with Gasteiger partial charge in [-0.2, -0.15) is 0 Å². The highest BCUT2D eigenvalue weighted by Gasteiger charge is 2.41. The van der Waals surface area contributed by atoms with Crippen LogP contribution in [0.25, 0.3) is 0 Å². The molecule has 2 aromatic carbocycles. The Morgan fingerprint density at radius 2 is 1.48 bits per heavy atom. The Kier molecular flexibility index (Phi) is 3.27. The Balaban J connectivity index is 2.01. The summed E-state index contributed by atoms with van der Waals surface area (Å²) in [5.41, 5.74) is 0.0151. The van der Waals surface area contributed by atoms with E-state index in [4.69, 9.17) is 0 Å². The van der Waals surface area contributed by atoms with E-state index < -0.39 is 17.2 Å². The highest BCUT2D eigenvalue weighted by Crippen LogP contribution is 2.47. The van der Waals surface area contributed by atoms with Gasteiger partial charge in [-0.3, -0.25) is 9.59 Å². The summed E-state index contributed by atoms with van der Waals surface area (Å²) in [5.74, 6) is -1.47. The molecule has 0 saturated carbocycles. The predicted octanol–water partition coefficient (Wildman–Crippen LogP) is 2.50. The number of hydrogen-bond donors (Lipinski definition) is 3. The topological polar surface area (TPSA) is 94.8 Å². The Bertz CT molecular complexity index is 944. The molecule has 2 aliphatic rings. The maximum Gasteiger partial charge on any atom is 0.198 e. The molecule has 2 aliphatic carbocycles. The molecule has 0 fully saturated rings. The fourth-order valence-corrected chi connectivity index (χ4v) is 3.95. The predicted molar refractivity (Wildman–Crippen MR) is 90.3 cm³/mol. The summed E-state index contributed by atoms with van der Waals surface area (Å²) >= 11 is 0. The first-order valence-corrected chi connectivity index (χ1v) is 8.38. The van der Waals surface area contributed by atoms with Crippen molar-refractivity contribution in [3.8, 4) is 11.5 Å². The maximum absolute atomic E-state index is 12.9. The number of aliphatic hydroxyl groups is 1. The summed E-state index contributed by atoms with van der Waals surface area (Å²) in [7, 11) is 0. The molecule has 5 nitrogen and oxygen atoms in total. The Morgan fingerprint density at radius 3 is 2.00 bits per heavy atom. The third-order valence-corrected chi connectivity index (χ3v) is 5.53. The molecule has 0 bridgehead atoms. The number of ketones is 2. The number of carbonyl (C=O) groups excluding carboxylic acids is 2. The van der Waals surface area contributed by atoms with E-state index in [0.29, 0.717) is 30.4 Å². The summed E-state index contributed by atoms with van der Waals surface area (Å²) in [6.45, 7) is 1.85. The highest BCUT2D eigenvalue weighted by atomic mass is 16.3. The lowest BCUT2D eigenvalue weighted by molar-refractivity contribution is 0.0216. The molecule has 128 valence electrons. The summed E-state index contributed by atoms with van der Waals surface area (Å²) in [6, 6.07) is 6.40. The molecule has 0 heterocycles. The molecular formula is C20H18O5. The lowest BCUT2D eigenvalue weighted by atomic mass is 9.73. The van der Waals surface area contributed by atoms with Crippen LogP contribution in [0.4, 0.5) is 0 Å². The van der Waals surface area contributed by atoms with Crippen molar-refractivity contribution in [2.75, 3.05) is 0 Å². The number of phenolic OH excluding ortho intramolecular Hbond substituents is 2. The van der Waals surface area contributed by atoms with E-state index in [-0.39, 0.29) is 40.2 Å². The molecule has 0 radical (unpaired) electrons. The molecular weight excluding hydrogens is 320 g/mol. The van der Waals surface area contributed by atoms with Gasteiger partial charge in [-0.15, -0.1) is 0 Å². The van der Waals surface area contributed by atoms with Crippen LogP contribution in [-0.4, -0.2) is 32.5 Å². The SMILES string of the molecule is CCC1(O)CCc2c(O)c3c(c(O)c2C1)C(=O)c1ccccc1C3=O. The largest absolute Gasteiger partial charge is 0.507 e. The lowest BCUT2D eigenvalue weighted by Crippen LogP contribution is -2.36. The van der Waals surface area contributed by atoms with Crippen molar-refractivity contribution in [2.24, 2.45) is 0 Å². The van der Waals surface area contributed by atoms with Crippen molar-refractivity contribution in [3.63, 3.8) is 0 Å². The molecule has 0 spiro atoms. The van der Waals surface area contributed by atoms with Gasteiger partial charge in [-0.05, 0) is 19.3 Å². The van der Waals surface area contributed by atoms with Crippen molar-refractivity contribution in [3.05, 3.63) is 57.6 Å². The molecule has 2 aromatic rings. The van der Waals surface area contributed by atoms with E-state index in [2.05, 4.69) is 0 Å². The Morgan fingerprint density at radius 1 is 0.960 bits per heavy atom. The van der Waals surface area contributed by atoms with Gasteiger partial charge in [0.2, 0.25) is 0 Å². The van der Waals surface area contributed by atoms with Crippen molar-refractivity contribution < 1.29 is 24.9 Å². The number of carbonyl (C=O) groups is 2. The second kappa shape index (κ2) is 5.17. The van der Waals surface area contributed by atoms with Crippen LogP contribution >= 0.6 is 0 Å². The fourth-order valence-electron chi connectivity index (χ4n) is 3.95. The van der Waals surface area contributed by atoms with E-state index in [0.717, 1.165) is 0 Å². The zero-order valence-electron chi connectivity index (χ0n) is 13.8. The van der Waals surface area contributed by atoms with E-state index in [1.165, 1.54) is 6.07 Å². The highest BCUT2D eigenvalue weighted by molar-refractivity contribution is 6.30. The number of aromatic hydroxyl groups is 2.